The van der Waals surface area contributed by atoms with Crippen molar-refractivity contribution in [3.63, 3.8) is 0 Å². The van der Waals surface area contributed by atoms with Crippen LogP contribution in [0.15, 0.2) is 18.2 Å². The monoisotopic (exact) mass is 280 g/mol. The molecule has 2 unspecified atom stereocenters. The number of ether oxygens (including phenoxy) is 1. The molecule has 1 aromatic rings. The SMILES string of the molecule is CCNC(C)C(CC)Cc1ccc(OC)c([N+](=O)[O-])c1. The maximum atomic E-state index is 11.0. The number of nitro groups is 1. The summed E-state index contributed by atoms with van der Waals surface area (Å²) in [6.07, 6.45) is 1.86. The van der Waals surface area contributed by atoms with Gasteiger partial charge in [-0.05, 0) is 37.4 Å². The molecule has 112 valence electrons. The van der Waals surface area contributed by atoms with Crippen molar-refractivity contribution in [1.29, 1.82) is 0 Å². The van der Waals surface area contributed by atoms with Crippen LogP contribution in [-0.4, -0.2) is 24.6 Å². The average molecular weight is 280 g/mol. The van der Waals surface area contributed by atoms with Gasteiger partial charge < -0.3 is 10.1 Å². The highest BCUT2D eigenvalue weighted by atomic mass is 16.6. The van der Waals surface area contributed by atoms with Crippen LogP contribution in [0.5, 0.6) is 5.75 Å². The molecule has 0 aliphatic heterocycles. The Kier molecular flexibility index (Phi) is 6.45. The summed E-state index contributed by atoms with van der Waals surface area (Å²) in [6, 6.07) is 5.61. The fraction of sp³-hybridized carbons (Fsp3) is 0.600. The van der Waals surface area contributed by atoms with E-state index in [1.54, 1.807) is 12.1 Å². The Morgan fingerprint density at radius 3 is 2.60 bits per heavy atom. The molecule has 2 atom stereocenters. The minimum atomic E-state index is -0.392. The summed E-state index contributed by atoms with van der Waals surface area (Å²) in [5, 5.41) is 14.5. The summed E-state index contributed by atoms with van der Waals surface area (Å²) < 4.78 is 5.02. The second-order valence-corrected chi connectivity index (χ2v) is 4.98. The second-order valence-electron chi connectivity index (χ2n) is 4.98. The van der Waals surface area contributed by atoms with Crippen LogP contribution >= 0.6 is 0 Å². The van der Waals surface area contributed by atoms with E-state index < -0.39 is 4.92 Å². The third-order valence-electron chi connectivity index (χ3n) is 3.70. The van der Waals surface area contributed by atoms with E-state index >= 15 is 0 Å². The molecule has 20 heavy (non-hydrogen) atoms. The van der Waals surface area contributed by atoms with E-state index in [2.05, 4.69) is 26.1 Å². The van der Waals surface area contributed by atoms with Crippen molar-refractivity contribution in [2.75, 3.05) is 13.7 Å². The van der Waals surface area contributed by atoms with E-state index in [1.807, 2.05) is 6.07 Å². The fourth-order valence-electron chi connectivity index (χ4n) is 2.47. The molecule has 0 amide bonds. The lowest BCUT2D eigenvalue weighted by Crippen LogP contribution is -2.34. The van der Waals surface area contributed by atoms with E-state index in [1.165, 1.54) is 7.11 Å². The van der Waals surface area contributed by atoms with E-state index in [0.29, 0.717) is 17.7 Å². The maximum absolute atomic E-state index is 11.0. The minimum absolute atomic E-state index is 0.0379. The van der Waals surface area contributed by atoms with Crippen LogP contribution in [-0.2, 0) is 6.42 Å². The molecule has 0 fully saturated rings. The van der Waals surface area contributed by atoms with Gasteiger partial charge in [0.25, 0.3) is 0 Å². The first kappa shape index (κ1) is 16.4. The van der Waals surface area contributed by atoms with Gasteiger partial charge in [0.15, 0.2) is 5.75 Å². The number of nitrogens with zero attached hydrogens (tertiary/aromatic N) is 1. The first-order valence-electron chi connectivity index (χ1n) is 7.08. The molecule has 0 bridgehead atoms. The number of nitrogens with one attached hydrogen (secondary N) is 1. The van der Waals surface area contributed by atoms with Crippen LogP contribution in [0, 0.1) is 16.0 Å². The van der Waals surface area contributed by atoms with Gasteiger partial charge in [-0.1, -0.05) is 26.3 Å². The maximum Gasteiger partial charge on any atom is 0.311 e. The zero-order valence-electron chi connectivity index (χ0n) is 12.7. The van der Waals surface area contributed by atoms with Crippen molar-refractivity contribution in [3.05, 3.63) is 33.9 Å². The molecule has 0 aliphatic rings. The van der Waals surface area contributed by atoms with Crippen molar-refractivity contribution in [2.24, 2.45) is 5.92 Å². The number of methoxy groups -OCH3 is 1. The summed E-state index contributed by atoms with van der Waals surface area (Å²) in [4.78, 5) is 10.6. The highest BCUT2D eigenvalue weighted by Gasteiger charge is 2.19. The van der Waals surface area contributed by atoms with Gasteiger partial charge >= 0.3 is 5.69 Å². The van der Waals surface area contributed by atoms with Crippen LogP contribution in [0.2, 0.25) is 0 Å². The molecule has 1 rings (SSSR count). The predicted octanol–water partition coefficient (Wildman–Crippen LogP) is 3.17. The number of benzene rings is 1. The van der Waals surface area contributed by atoms with Gasteiger partial charge in [-0.2, -0.15) is 0 Å². The lowest BCUT2D eigenvalue weighted by Gasteiger charge is -2.23. The van der Waals surface area contributed by atoms with Crippen molar-refractivity contribution in [1.82, 2.24) is 5.32 Å². The van der Waals surface area contributed by atoms with Gasteiger partial charge in [0, 0.05) is 12.1 Å². The topological polar surface area (TPSA) is 64.4 Å². The van der Waals surface area contributed by atoms with Gasteiger partial charge in [-0.15, -0.1) is 0 Å². The normalized spacial score (nSPS) is 13.8. The molecule has 1 N–H and O–H groups in total. The molecule has 5 heteroatoms. The Labute approximate surface area is 120 Å². The Morgan fingerprint density at radius 1 is 1.40 bits per heavy atom. The van der Waals surface area contributed by atoms with Crippen molar-refractivity contribution in [3.8, 4) is 5.75 Å². The van der Waals surface area contributed by atoms with Crippen LogP contribution < -0.4 is 10.1 Å². The number of hydrogen-bond acceptors (Lipinski definition) is 4. The molecule has 1 aromatic carbocycles. The summed E-state index contributed by atoms with van der Waals surface area (Å²) >= 11 is 0. The van der Waals surface area contributed by atoms with Gasteiger partial charge in [0.2, 0.25) is 0 Å². The van der Waals surface area contributed by atoms with Gasteiger partial charge in [0.05, 0.1) is 12.0 Å². The van der Waals surface area contributed by atoms with E-state index in [9.17, 15) is 10.1 Å². The Bertz CT molecular complexity index is 449. The molecule has 0 saturated carbocycles. The molecule has 0 heterocycles. The number of hydrogen-bond donors (Lipinski definition) is 1. The fourth-order valence-corrected chi connectivity index (χ4v) is 2.47. The minimum Gasteiger partial charge on any atom is -0.490 e. The lowest BCUT2D eigenvalue weighted by molar-refractivity contribution is -0.385. The van der Waals surface area contributed by atoms with Gasteiger partial charge in [0.1, 0.15) is 0 Å². The van der Waals surface area contributed by atoms with Gasteiger partial charge in [-0.3, -0.25) is 10.1 Å². The zero-order valence-corrected chi connectivity index (χ0v) is 12.7. The first-order chi connectivity index (χ1) is 9.53. The van der Waals surface area contributed by atoms with Crippen molar-refractivity contribution in [2.45, 2.75) is 39.7 Å². The second kappa shape index (κ2) is 7.85. The van der Waals surface area contributed by atoms with Crippen LogP contribution in [0.25, 0.3) is 0 Å². The Hall–Kier alpha value is -1.62. The summed E-state index contributed by atoms with van der Waals surface area (Å²) in [7, 11) is 1.45. The molecule has 5 nitrogen and oxygen atoms in total. The van der Waals surface area contributed by atoms with E-state index in [0.717, 1.165) is 24.9 Å². The highest BCUT2D eigenvalue weighted by Crippen LogP contribution is 2.29. The largest absolute Gasteiger partial charge is 0.490 e. The molecule has 0 aromatic heterocycles. The molecule has 0 radical (unpaired) electrons. The summed E-state index contributed by atoms with van der Waals surface area (Å²) in [6.45, 7) is 7.33. The van der Waals surface area contributed by atoms with Crippen molar-refractivity contribution < 1.29 is 9.66 Å². The summed E-state index contributed by atoms with van der Waals surface area (Å²) in [5.41, 5.74) is 1.02. The number of nitro benzene ring substituents is 1. The standard InChI is InChI=1S/C15H24N2O3/c1-5-13(11(3)16-6-2)9-12-7-8-15(20-4)14(10-12)17(18)19/h7-8,10-11,13,16H,5-6,9H2,1-4H3. The molecular weight excluding hydrogens is 256 g/mol. The third kappa shape index (κ3) is 4.20. The lowest BCUT2D eigenvalue weighted by atomic mass is 9.90. The Morgan fingerprint density at radius 2 is 2.10 bits per heavy atom. The Balaban J connectivity index is 2.91. The number of rotatable bonds is 8. The third-order valence-corrected chi connectivity index (χ3v) is 3.70. The quantitative estimate of drug-likeness (QED) is 0.587. The van der Waals surface area contributed by atoms with Crippen molar-refractivity contribution >= 4 is 5.69 Å². The zero-order chi connectivity index (χ0) is 15.1. The van der Waals surface area contributed by atoms with E-state index in [4.69, 9.17) is 4.74 Å². The molecule has 0 aliphatic carbocycles. The van der Waals surface area contributed by atoms with Crippen LogP contribution in [0.4, 0.5) is 5.69 Å². The molecule has 0 spiro atoms. The highest BCUT2D eigenvalue weighted by molar-refractivity contribution is 5.48. The molecular formula is C15H24N2O3. The predicted molar refractivity (Wildman–Crippen MR) is 80.3 cm³/mol. The first-order valence-corrected chi connectivity index (χ1v) is 7.08. The van der Waals surface area contributed by atoms with E-state index in [-0.39, 0.29) is 5.69 Å². The molecule has 0 saturated heterocycles. The van der Waals surface area contributed by atoms with Crippen LogP contribution in [0.3, 0.4) is 0 Å². The van der Waals surface area contributed by atoms with Gasteiger partial charge in [-0.25, -0.2) is 0 Å². The smallest absolute Gasteiger partial charge is 0.311 e. The summed E-state index contributed by atoms with van der Waals surface area (Å²) in [5.74, 6) is 0.773. The van der Waals surface area contributed by atoms with Crippen LogP contribution in [0.1, 0.15) is 32.8 Å². The average Bonchev–Trinajstić information content (AvgIpc) is 2.44.